The molecule has 0 radical (unpaired) electrons. The van der Waals surface area contributed by atoms with Crippen molar-refractivity contribution >= 4 is 16.9 Å². The number of benzene rings is 1. The number of para-hydroxylation sites is 2. The van der Waals surface area contributed by atoms with Gasteiger partial charge in [0.25, 0.3) is 0 Å². The number of nitrogens with zero attached hydrogens (tertiary/aromatic N) is 3. The second-order valence-corrected chi connectivity index (χ2v) is 4.99. The average molecular weight is 283 g/mol. The monoisotopic (exact) mass is 283 g/mol. The number of H-pyrrole nitrogens is 2. The summed E-state index contributed by atoms with van der Waals surface area (Å²) in [5.41, 5.74) is 1.94. The maximum atomic E-state index is 12.1. The summed E-state index contributed by atoms with van der Waals surface area (Å²) >= 11 is 0. The van der Waals surface area contributed by atoms with Gasteiger partial charge >= 0.3 is 0 Å². The van der Waals surface area contributed by atoms with Gasteiger partial charge in [0, 0.05) is 32.3 Å². The Balaban J connectivity index is 1.57. The minimum atomic E-state index is 0.0758. The maximum Gasteiger partial charge on any atom is 0.223 e. The Kier molecular flexibility index (Phi) is 3.68. The molecule has 0 aliphatic carbocycles. The van der Waals surface area contributed by atoms with E-state index in [0.29, 0.717) is 19.4 Å². The van der Waals surface area contributed by atoms with E-state index in [9.17, 15) is 4.79 Å². The van der Waals surface area contributed by atoms with Gasteiger partial charge in [-0.3, -0.25) is 4.79 Å². The summed E-state index contributed by atoms with van der Waals surface area (Å²) in [6.07, 6.45) is 4.47. The second kappa shape index (κ2) is 5.78. The molecule has 2 heterocycles. The number of hydrogen-bond acceptors (Lipinski definition) is 3. The van der Waals surface area contributed by atoms with E-state index in [1.165, 1.54) is 0 Å². The van der Waals surface area contributed by atoms with E-state index >= 15 is 0 Å². The average Bonchev–Trinajstić information content (AvgIpc) is 3.13. The van der Waals surface area contributed by atoms with Crippen molar-refractivity contribution in [2.75, 3.05) is 7.05 Å². The molecule has 0 aliphatic rings. The molecule has 1 aromatic carbocycles. The van der Waals surface area contributed by atoms with Crippen molar-refractivity contribution in [2.24, 2.45) is 0 Å². The van der Waals surface area contributed by atoms with E-state index in [2.05, 4.69) is 19.9 Å². The van der Waals surface area contributed by atoms with Gasteiger partial charge in [-0.05, 0) is 12.1 Å². The Morgan fingerprint density at radius 3 is 2.90 bits per heavy atom. The molecule has 3 rings (SSSR count). The number of carbonyl (C=O) groups is 1. The number of aromatic nitrogens is 4. The molecule has 3 aromatic rings. The van der Waals surface area contributed by atoms with Crippen LogP contribution in [0.15, 0.2) is 36.7 Å². The van der Waals surface area contributed by atoms with E-state index in [1.54, 1.807) is 24.3 Å². The summed E-state index contributed by atoms with van der Waals surface area (Å²) in [7, 11) is 1.78. The van der Waals surface area contributed by atoms with Crippen molar-refractivity contribution < 1.29 is 4.79 Å². The lowest BCUT2D eigenvalue weighted by atomic mass is 10.2. The number of hydrogen-bond donors (Lipinski definition) is 2. The number of carbonyl (C=O) groups excluding carboxylic acids is 1. The van der Waals surface area contributed by atoms with Gasteiger partial charge in [-0.25, -0.2) is 9.97 Å². The minimum absolute atomic E-state index is 0.0758. The van der Waals surface area contributed by atoms with Crippen LogP contribution in [-0.2, 0) is 17.8 Å². The van der Waals surface area contributed by atoms with Gasteiger partial charge in [-0.15, -0.1) is 0 Å². The van der Waals surface area contributed by atoms with E-state index in [0.717, 1.165) is 22.7 Å². The Morgan fingerprint density at radius 2 is 2.14 bits per heavy atom. The van der Waals surface area contributed by atoms with Crippen molar-refractivity contribution in [1.29, 1.82) is 0 Å². The van der Waals surface area contributed by atoms with Gasteiger partial charge in [0.2, 0.25) is 5.91 Å². The van der Waals surface area contributed by atoms with Gasteiger partial charge in [0.1, 0.15) is 11.6 Å². The predicted octanol–water partition coefficient (Wildman–Crippen LogP) is 1.88. The SMILES string of the molecule is CN(Cc1ncc[nH]1)C(=O)CCc1nc2ccccc2[nH]1. The molecule has 0 aliphatic heterocycles. The van der Waals surface area contributed by atoms with Crippen LogP contribution in [0.4, 0.5) is 0 Å². The molecule has 108 valence electrons. The molecular weight excluding hydrogens is 266 g/mol. The first kappa shape index (κ1) is 13.4. The van der Waals surface area contributed by atoms with Crippen LogP contribution in [-0.4, -0.2) is 37.8 Å². The van der Waals surface area contributed by atoms with Crippen molar-refractivity contribution in [3.8, 4) is 0 Å². The predicted molar refractivity (Wildman–Crippen MR) is 79.5 cm³/mol. The fourth-order valence-electron chi connectivity index (χ4n) is 2.24. The molecule has 0 unspecified atom stereocenters. The summed E-state index contributed by atoms with van der Waals surface area (Å²) < 4.78 is 0. The van der Waals surface area contributed by atoms with Crippen LogP contribution in [0.25, 0.3) is 11.0 Å². The molecule has 0 atom stereocenters. The van der Waals surface area contributed by atoms with E-state index < -0.39 is 0 Å². The Hall–Kier alpha value is -2.63. The summed E-state index contributed by atoms with van der Waals surface area (Å²) in [4.78, 5) is 28.6. The lowest BCUT2D eigenvalue weighted by Gasteiger charge is -2.15. The van der Waals surface area contributed by atoms with E-state index in [-0.39, 0.29) is 5.91 Å². The molecule has 2 N–H and O–H groups in total. The smallest absolute Gasteiger partial charge is 0.223 e. The molecule has 0 bridgehead atoms. The van der Waals surface area contributed by atoms with Crippen LogP contribution in [0, 0.1) is 0 Å². The van der Waals surface area contributed by atoms with E-state index in [1.807, 2.05) is 24.3 Å². The minimum Gasteiger partial charge on any atom is -0.347 e. The van der Waals surface area contributed by atoms with Gasteiger partial charge in [0.15, 0.2) is 0 Å². The first-order valence-electron chi connectivity index (χ1n) is 6.88. The molecule has 0 spiro atoms. The third kappa shape index (κ3) is 3.10. The highest BCUT2D eigenvalue weighted by Crippen LogP contribution is 2.11. The van der Waals surface area contributed by atoms with Crippen molar-refractivity contribution in [3.05, 3.63) is 48.3 Å². The molecule has 1 amide bonds. The number of imidazole rings is 2. The largest absolute Gasteiger partial charge is 0.347 e. The number of aryl methyl sites for hydroxylation is 1. The number of rotatable bonds is 5. The highest BCUT2D eigenvalue weighted by Gasteiger charge is 2.11. The molecule has 0 saturated heterocycles. The lowest BCUT2D eigenvalue weighted by molar-refractivity contribution is -0.130. The first-order chi connectivity index (χ1) is 10.2. The van der Waals surface area contributed by atoms with Gasteiger partial charge in [-0.2, -0.15) is 0 Å². The van der Waals surface area contributed by atoms with E-state index in [4.69, 9.17) is 0 Å². The maximum absolute atomic E-state index is 12.1. The zero-order valence-electron chi connectivity index (χ0n) is 11.8. The number of fused-ring (bicyclic) bond motifs is 1. The zero-order valence-corrected chi connectivity index (χ0v) is 11.8. The molecule has 0 fully saturated rings. The van der Waals surface area contributed by atoms with Gasteiger partial charge < -0.3 is 14.9 Å². The molecule has 2 aromatic heterocycles. The number of amides is 1. The third-order valence-electron chi connectivity index (χ3n) is 3.38. The van der Waals surface area contributed by atoms with Crippen LogP contribution in [0.2, 0.25) is 0 Å². The second-order valence-electron chi connectivity index (χ2n) is 4.99. The van der Waals surface area contributed by atoms with Crippen LogP contribution >= 0.6 is 0 Å². The van der Waals surface area contributed by atoms with Crippen LogP contribution in [0.1, 0.15) is 18.1 Å². The Labute approximate surface area is 122 Å². The number of nitrogens with one attached hydrogen (secondary N) is 2. The molecule has 6 nitrogen and oxygen atoms in total. The summed E-state index contributed by atoms with van der Waals surface area (Å²) in [6, 6.07) is 7.86. The van der Waals surface area contributed by atoms with Gasteiger partial charge in [-0.1, -0.05) is 12.1 Å². The Bertz CT molecular complexity index is 698. The molecule has 21 heavy (non-hydrogen) atoms. The highest BCUT2D eigenvalue weighted by atomic mass is 16.2. The molecule has 0 saturated carbocycles. The summed E-state index contributed by atoms with van der Waals surface area (Å²) in [5.74, 6) is 1.71. The standard InChI is InChI=1S/C15H17N5O/c1-20(10-14-16-8-9-17-14)15(21)7-6-13-18-11-4-2-3-5-12(11)19-13/h2-5,8-9H,6-7,10H2,1H3,(H,16,17)(H,18,19). The zero-order chi connectivity index (χ0) is 14.7. The topological polar surface area (TPSA) is 77.7 Å². The fraction of sp³-hybridized carbons (Fsp3) is 0.267. The normalized spacial score (nSPS) is 10.9. The fourth-order valence-corrected chi connectivity index (χ4v) is 2.24. The van der Waals surface area contributed by atoms with Crippen molar-refractivity contribution in [3.63, 3.8) is 0 Å². The van der Waals surface area contributed by atoms with Crippen molar-refractivity contribution in [1.82, 2.24) is 24.8 Å². The molecular formula is C15H17N5O. The molecule has 6 heteroatoms. The summed E-state index contributed by atoms with van der Waals surface area (Å²) in [6.45, 7) is 0.492. The van der Waals surface area contributed by atoms with Crippen LogP contribution < -0.4 is 0 Å². The quantitative estimate of drug-likeness (QED) is 0.750. The Morgan fingerprint density at radius 1 is 1.29 bits per heavy atom. The van der Waals surface area contributed by atoms with Crippen molar-refractivity contribution in [2.45, 2.75) is 19.4 Å². The number of aromatic amines is 2. The van der Waals surface area contributed by atoms with Crippen LogP contribution in [0.3, 0.4) is 0 Å². The van der Waals surface area contributed by atoms with Crippen LogP contribution in [0.5, 0.6) is 0 Å². The highest BCUT2D eigenvalue weighted by molar-refractivity contribution is 5.77. The van der Waals surface area contributed by atoms with Gasteiger partial charge in [0.05, 0.1) is 17.6 Å². The lowest BCUT2D eigenvalue weighted by Crippen LogP contribution is -2.27. The summed E-state index contributed by atoms with van der Waals surface area (Å²) in [5, 5.41) is 0. The third-order valence-corrected chi connectivity index (χ3v) is 3.38. The first-order valence-corrected chi connectivity index (χ1v) is 6.88.